The fourth-order valence-electron chi connectivity index (χ4n) is 3.33. The maximum atomic E-state index is 13.3. The molecule has 0 bridgehead atoms. The summed E-state index contributed by atoms with van der Waals surface area (Å²) < 4.78 is 13.3. The van der Waals surface area contributed by atoms with Gasteiger partial charge in [-0.1, -0.05) is 12.1 Å². The number of nitrogens with zero attached hydrogens (tertiary/aromatic N) is 1. The van der Waals surface area contributed by atoms with E-state index in [2.05, 4.69) is 0 Å². The van der Waals surface area contributed by atoms with Gasteiger partial charge in [-0.05, 0) is 47.9 Å². The van der Waals surface area contributed by atoms with E-state index in [9.17, 15) is 24.2 Å². The monoisotopic (exact) mass is 405 g/mol. The lowest BCUT2D eigenvalue weighted by Crippen LogP contribution is -2.29. The number of hydrogen-bond donors (Lipinski definition) is 3. The number of benzene rings is 2. The molecule has 0 saturated carbocycles. The number of carbonyl (C=O) groups excluding carboxylic acids is 1. The van der Waals surface area contributed by atoms with Crippen molar-refractivity contribution >= 4 is 29.3 Å². The highest BCUT2D eigenvalue weighted by molar-refractivity contribution is 8.00. The molecule has 3 rings (SSSR count). The first-order valence-electron chi connectivity index (χ1n) is 8.67. The van der Waals surface area contributed by atoms with Crippen LogP contribution in [0, 0.1) is 12.7 Å². The van der Waals surface area contributed by atoms with Crippen LogP contribution in [-0.4, -0.2) is 45.7 Å². The van der Waals surface area contributed by atoms with Gasteiger partial charge in [-0.25, -0.2) is 9.18 Å². The normalized spacial score (nSPS) is 17.8. The third-order valence-electron chi connectivity index (χ3n) is 4.73. The minimum Gasteiger partial charge on any atom is -0.478 e. The van der Waals surface area contributed by atoms with E-state index in [4.69, 9.17) is 5.11 Å². The van der Waals surface area contributed by atoms with Crippen molar-refractivity contribution in [3.8, 4) is 0 Å². The minimum atomic E-state index is -1.15. The Kier molecular flexibility index (Phi) is 6.02. The minimum absolute atomic E-state index is 0.0198. The maximum absolute atomic E-state index is 13.3. The van der Waals surface area contributed by atoms with Gasteiger partial charge in [0.05, 0.1) is 24.0 Å². The highest BCUT2D eigenvalue weighted by Gasteiger charge is 2.35. The molecule has 8 heteroatoms. The van der Waals surface area contributed by atoms with Gasteiger partial charge in [-0.15, -0.1) is 11.8 Å². The van der Waals surface area contributed by atoms with Gasteiger partial charge in [-0.3, -0.25) is 9.69 Å². The van der Waals surface area contributed by atoms with Crippen LogP contribution in [0.4, 0.5) is 10.1 Å². The topological polar surface area (TPSA) is 98.1 Å². The molecule has 2 aromatic rings. The zero-order valence-electron chi connectivity index (χ0n) is 15.1. The molecule has 28 heavy (non-hydrogen) atoms. The van der Waals surface area contributed by atoms with Gasteiger partial charge in [0, 0.05) is 12.1 Å². The van der Waals surface area contributed by atoms with Crippen molar-refractivity contribution in [3.63, 3.8) is 0 Å². The average molecular weight is 405 g/mol. The molecular weight excluding hydrogens is 385 g/mol. The Morgan fingerprint density at radius 2 is 1.96 bits per heavy atom. The number of halogens is 1. The lowest BCUT2D eigenvalue weighted by Gasteiger charge is -2.28. The van der Waals surface area contributed by atoms with Gasteiger partial charge < -0.3 is 15.3 Å². The molecule has 1 fully saturated rings. The first-order chi connectivity index (χ1) is 13.3. The van der Waals surface area contributed by atoms with Gasteiger partial charge in [0.25, 0.3) is 0 Å². The van der Waals surface area contributed by atoms with E-state index in [1.54, 1.807) is 30.0 Å². The summed E-state index contributed by atoms with van der Waals surface area (Å²) in [6.07, 6.45) is -1.16. The molecular formula is C20H20FNO5S. The van der Waals surface area contributed by atoms with Crippen molar-refractivity contribution in [2.45, 2.75) is 24.8 Å². The zero-order chi connectivity index (χ0) is 20.4. The molecule has 2 unspecified atom stereocenters. The molecule has 1 saturated heterocycles. The Hall–Kier alpha value is -2.42. The molecule has 0 aliphatic carbocycles. The first kappa shape index (κ1) is 20.3. The van der Waals surface area contributed by atoms with Crippen molar-refractivity contribution in [1.29, 1.82) is 0 Å². The maximum Gasteiger partial charge on any atom is 0.335 e. The molecule has 1 amide bonds. The van der Waals surface area contributed by atoms with Gasteiger partial charge >= 0.3 is 5.97 Å². The second-order valence-corrected chi connectivity index (χ2v) is 7.63. The number of amides is 1. The van der Waals surface area contributed by atoms with Crippen LogP contribution in [0.5, 0.6) is 0 Å². The first-order valence-corrected chi connectivity index (χ1v) is 9.72. The Labute approximate surface area is 165 Å². The van der Waals surface area contributed by atoms with Crippen LogP contribution >= 0.6 is 11.8 Å². The van der Waals surface area contributed by atoms with E-state index in [0.717, 1.165) is 5.56 Å². The summed E-state index contributed by atoms with van der Waals surface area (Å²) in [5.74, 6) is -1.41. The Balaban J connectivity index is 2.07. The Bertz CT molecular complexity index is 902. The standard InChI is InChI=1S/C20H20FNO5S/c1-11-16(8-14(24)9-23)15(20(26)27)6-7-17(11)22-18(25)10-28-19(22)12-2-4-13(21)5-3-12/h2-7,14,19,23-24H,8-10H2,1H3,(H,26,27). The molecule has 0 aromatic heterocycles. The number of anilines is 1. The fraction of sp³-hybridized carbons (Fsp3) is 0.300. The fourth-order valence-corrected chi connectivity index (χ4v) is 4.50. The van der Waals surface area contributed by atoms with Gasteiger partial charge in [0.2, 0.25) is 5.91 Å². The SMILES string of the molecule is Cc1c(N2C(=O)CSC2c2ccc(F)cc2)ccc(C(=O)O)c1CC(O)CO. The van der Waals surface area contributed by atoms with Crippen molar-refractivity contribution in [1.82, 2.24) is 0 Å². The molecule has 3 N–H and O–H groups in total. The largest absolute Gasteiger partial charge is 0.478 e. The van der Waals surface area contributed by atoms with Crippen molar-refractivity contribution in [3.05, 3.63) is 64.5 Å². The van der Waals surface area contributed by atoms with E-state index in [0.29, 0.717) is 16.8 Å². The second kappa shape index (κ2) is 8.30. The van der Waals surface area contributed by atoms with E-state index >= 15 is 0 Å². The van der Waals surface area contributed by atoms with Crippen LogP contribution in [0.1, 0.15) is 32.4 Å². The number of carboxylic acids is 1. The number of hydrogen-bond acceptors (Lipinski definition) is 5. The molecule has 2 atom stereocenters. The van der Waals surface area contributed by atoms with E-state index in [-0.39, 0.29) is 34.8 Å². The third-order valence-corrected chi connectivity index (χ3v) is 5.95. The Morgan fingerprint density at radius 3 is 2.57 bits per heavy atom. The number of thioether (sulfide) groups is 1. The van der Waals surface area contributed by atoms with Crippen molar-refractivity contribution in [2.75, 3.05) is 17.3 Å². The van der Waals surface area contributed by atoms with Gasteiger partial charge in [0.1, 0.15) is 11.2 Å². The molecule has 6 nitrogen and oxygen atoms in total. The average Bonchev–Trinajstić information content (AvgIpc) is 3.04. The molecule has 1 heterocycles. The summed E-state index contributed by atoms with van der Waals surface area (Å²) in [6.45, 7) is 1.19. The highest BCUT2D eigenvalue weighted by Crippen LogP contribution is 2.43. The van der Waals surface area contributed by atoms with Crippen molar-refractivity contribution in [2.24, 2.45) is 0 Å². The van der Waals surface area contributed by atoms with Crippen LogP contribution in [0.15, 0.2) is 36.4 Å². The number of aliphatic hydroxyl groups is 2. The quantitative estimate of drug-likeness (QED) is 0.683. The molecule has 1 aliphatic heterocycles. The van der Waals surface area contributed by atoms with E-state index in [1.807, 2.05) is 0 Å². The van der Waals surface area contributed by atoms with Crippen LogP contribution in [0.3, 0.4) is 0 Å². The van der Waals surface area contributed by atoms with Crippen LogP contribution in [0.25, 0.3) is 0 Å². The van der Waals surface area contributed by atoms with Gasteiger partial charge in [0.15, 0.2) is 0 Å². The number of rotatable bonds is 6. The van der Waals surface area contributed by atoms with E-state index < -0.39 is 18.7 Å². The van der Waals surface area contributed by atoms with Crippen LogP contribution in [0.2, 0.25) is 0 Å². The molecule has 0 spiro atoms. The predicted molar refractivity (Wildman–Crippen MR) is 104 cm³/mol. The number of carboxylic acid groups (broad SMARTS) is 1. The molecule has 148 valence electrons. The second-order valence-electron chi connectivity index (χ2n) is 6.56. The summed E-state index contributed by atoms with van der Waals surface area (Å²) in [6, 6.07) is 8.89. The summed E-state index contributed by atoms with van der Waals surface area (Å²) in [5.41, 5.74) is 2.24. The number of carbonyl (C=O) groups is 2. The Morgan fingerprint density at radius 1 is 1.29 bits per heavy atom. The number of aliphatic hydroxyl groups excluding tert-OH is 2. The third kappa shape index (κ3) is 3.89. The lowest BCUT2D eigenvalue weighted by molar-refractivity contribution is -0.115. The summed E-state index contributed by atoms with van der Waals surface area (Å²) in [5, 5.41) is 28.1. The lowest BCUT2D eigenvalue weighted by atomic mass is 9.94. The zero-order valence-corrected chi connectivity index (χ0v) is 15.9. The smallest absolute Gasteiger partial charge is 0.335 e. The van der Waals surface area contributed by atoms with Crippen molar-refractivity contribution < 1.29 is 29.3 Å². The summed E-state index contributed by atoms with van der Waals surface area (Å²) in [4.78, 5) is 25.8. The highest BCUT2D eigenvalue weighted by atomic mass is 32.2. The van der Waals surface area contributed by atoms with Crippen LogP contribution in [-0.2, 0) is 11.2 Å². The van der Waals surface area contributed by atoms with Gasteiger partial charge in [-0.2, -0.15) is 0 Å². The molecule has 2 aromatic carbocycles. The number of aromatic carboxylic acids is 1. The predicted octanol–water partition coefficient (Wildman–Crippen LogP) is 2.51. The molecule has 1 aliphatic rings. The van der Waals surface area contributed by atoms with Crippen LogP contribution < -0.4 is 4.90 Å². The van der Waals surface area contributed by atoms with E-state index in [1.165, 1.54) is 30.0 Å². The summed E-state index contributed by atoms with van der Waals surface area (Å²) >= 11 is 1.40. The molecule has 0 radical (unpaired) electrons. The summed E-state index contributed by atoms with van der Waals surface area (Å²) in [7, 11) is 0.